The van der Waals surface area contributed by atoms with Gasteiger partial charge in [-0.05, 0) is 48.9 Å². The molecule has 0 aliphatic carbocycles. The fourth-order valence-corrected chi connectivity index (χ4v) is 4.84. The third-order valence-corrected chi connectivity index (χ3v) is 6.76. The van der Waals surface area contributed by atoms with Crippen LogP contribution in [0.15, 0.2) is 83.9 Å². The minimum Gasteiger partial charge on any atom is -0.493 e. The number of nitriles is 1. The Morgan fingerprint density at radius 3 is 2.10 bits per heavy atom. The van der Waals surface area contributed by atoms with E-state index >= 15 is 0 Å². The molecule has 4 aromatic rings. The van der Waals surface area contributed by atoms with Gasteiger partial charge in [-0.2, -0.15) is 5.26 Å². The Morgan fingerprint density at radius 1 is 0.897 bits per heavy atom. The first-order chi connectivity index (χ1) is 18.9. The number of carbonyl (C=O) groups is 2. The van der Waals surface area contributed by atoms with Crippen molar-refractivity contribution in [2.24, 2.45) is 0 Å². The summed E-state index contributed by atoms with van der Waals surface area (Å²) in [6.45, 7) is 1.71. The molecule has 0 radical (unpaired) electrons. The molecular formula is C30H26N4O4S. The van der Waals surface area contributed by atoms with Crippen LogP contribution >= 0.6 is 11.8 Å². The molecular weight excluding hydrogens is 512 g/mol. The summed E-state index contributed by atoms with van der Waals surface area (Å²) in [4.78, 5) is 30.8. The maximum atomic E-state index is 13.6. The molecule has 39 heavy (non-hydrogen) atoms. The van der Waals surface area contributed by atoms with Crippen molar-refractivity contribution in [1.29, 1.82) is 5.26 Å². The Morgan fingerprint density at radius 2 is 1.51 bits per heavy atom. The standard InChI is InChI=1S/C30H26N4O4S/c1-19-27(29(36)34-22-12-8-5-9-13-22)28(20-14-15-24(37-2)25(16-20)38-3)23(17-31)30(32-19)39-18-26(35)33-21-10-6-4-7-11-21/h4-16H,18H2,1-3H3,(H,33,35)(H,34,36). The number of methoxy groups -OCH3 is 2. The first-order valence-corrected chi connectivity index (χ1v) is 12.9. The molecule has 0 saturated heterocycles. The molecule has 1 aromatic heterocycles. The van der Waals surface area contributed by atoms with E-state index in [2.05, 4.69) is 21.7 Å². The molecule has 0 spiro atoms. The van der Waals surface area contributed by atoms with E-state index in [-0.39, 0.29) is 22.8 Å². The quantitative estimate of drug-likeness (QED) is 0.254. The summed E-state index contributed by atoms with van der Waals surface area (Å²) in [5.74, 6) is 0.322. The van der Waals surface area contributed by atoms with E-state index in [1.807, 2.05) is 36.4 Å². The van der Waals surface area contributed by atoms with E-state index in [0.717, 1.165) is 11.8 Å². The molecule has 1 heterocycles. The monoisotopic (exact) mass is 538 g/mol. The minimum atomic E-state index is -0.411. The highest BCUT2D eigenvalue weighted by atomic mass is 32.2. The topological polar surface area (TPSA) is 113 Å². The van der Waals surface area contributed by atoms with Gasteiger partial charge in [0.2, 0.25) is 5.91 Å². The number of pyridine rings is 1. The van der Waals surface area contributed by atoms with Crippen LogP contribution < -0.4 is 20.1 Å². The molecule has 0 atom stereocenters. The van der Waals surface area contributed by atoms with Crippen molar-refractivity contribution in [2.45, 2.75) is 11.9 Å². The van der Waals surface area contributed by atoms with Crippen LogP contribution in [0.1, 0.15) is 21.6 Å². The number of aryl methyl sites for hydroxylation is 1. The van der Waals surface area contributed by atoms with Gasteiger partial charge in [0, 0.05) is 16.9 Å². The summed E-state index contributed by atoms with van der Waals surface area (Å²) in [5.41, 5.74) is 3.10. The third kappa shape index (κ3) is 6.37. The van der Waals surface area contributed by atoms with Crippen molar-refractivity contribution in [1.82, 2.24) is 4.98 Å². The second-order valence-corrected chi connectivity index (χ2v) is 9.30. The number of amides is 2. The molecule has 0 aliphatic heterocycles. The molecule has 9 heteroatoms. The molecule has 2 N–H and O–H groups in total. The summed E-state index contributed by atoms with van der Waals surface area (Å²) in [7, 11) is 3.04. The Hall–Kier alpha value is -4.81. The zero-order valence-electron chi connectivity index (χ0n) is 21.6. The van der Waals surface area contributed by atoms with E-state index in [9.17, 15) is 14.9 Å². The maximum absolute atomic E-state index is 13.6. The largest absolute Gasteiger partial charge is 0.493 e. The fourth-order valence-electron chi connectivity index (χ4n) is 4.01. The molecule has 0 aliphatic rings. The van der Waals surface area contributed by atoms with Crippen molar-refractivity contribution in [3.05, 3.63) is 95.7 Å². The number of aromatic nitrogens is 1. The average Bonchev–Trinajstić information content (AvgIpc) is 2.96. The van der Waals surface area contributed by atoms with Crippen molar-refractivity contribution in [3.8, 4) is 28.7 Å². The fraction of sp³-hybridized carbons (Fsp3) is 0.133. The van der Waals surface area contributed by atoms with Gasteiger partial charge >= 0.3 is 0 Å². The van der Waals surface area contributed by atoms with Crippen LogP contribution in [0.4, 0.5) is 11.4 Å². The predicted molar refractivity (Wildman–Crippen MR) is 152 cm³/mol. The van der Waals surface area contributed by atoms with Crippen LogP contribution in [0.3, 0.4) is 0 Å². The van der Waals surface area contributed by atoms with Gasteiger partial charge in [0.15, 0.2) is 11.5 Å². The predicted octanol–water partition coefficient (Wildman–Crippen LogP) is 5.93. The molecule has 0 unspecified atom stereocenters. The van der Waals surface area contributed by atoms with Crippen LogP contribution in [0, 0.1) is 18.3 Å². The van der Waals surface area contributed by atoms with E-state index < -0.39 is 5.91 Å². The van der Waals surface area contributed by atoms with Gasteiger partial charge < -0.3 is 20.1 Å². The number of benzene rings is 3. The molecule has 3 aromatic carbocycles. The smallest absolute Gasteiger partial charge is 0.258 e. The number of nitrogens with one attached hydrogen (secondary N) is 2. The Labute approximate surface area is 231 Å². The lowest BCUT2D eigenvalue weighted by Crippen LogP contribution is -2.18. The van der Waals surface area contributed by atoms with Crippen LogP contribution in [0.5, 0.6) is 11.5 Å². The number of carbonyl (C=O) groups excluding carboxylic acids is 2. The summed E-state index contributed by atoms with van der Waals surface area (Å²) in [6, 6.07) is 25.5. The van der Waals surface area contributed by atoms with Gasteiger partial charge in [0.25, 0.3) is 5.91 Å². The minimum absolute atomic E-state index is 0.0247. The maximum Gasteiger partial charge on any atom is 0.258 e. The zero-order valence-corrected chi connectivity index (χ0v) is 22.5. The summed E-state index contributed by atoms with van der Waals surface area (Å²) >= 11 is 1.13. The normalized spacial score (nSPS) is 10.3. The number of thioether (sulfide) groups is 1. The lowest BCUT2D eigenvalue weighted by atomic mass is 9.94. The van der Waals surface area contributed by atoms with Crippen LogP contribution in [0.2, 0.25) is 0 Å². The molecule has 0 fully saturated rings. The van der Waals surface area contributed by atoms with Crippen molar-refractivity contribution >= 4 is 35.0 Å². The summed E-state index contributed by atoms with van der Waals surface area (Å²) in [6.07, 6.45) is 0. The highest BCUT2D eigenvalue weighted by Crippen LogP contribution is 2.39. The first-order valence-electron chi connectivity index (χ1n) is 12.0. The third-order valence-electron chi connectivity index (χ3n) is 5.79. The average molecular weight is 539 g/mol. The van der Waals surface area contributed by atoms with Gasteiger partial charge in [0.1, 0.15) is 11.1 Å². The van der Waals surface area contributed by atoms with E-state index in [0.29, 0.717) is 44.7 Å². The number of rotatable bonds is 9. The Balaban J connectivity index is 1.78. The molecule has 0 saturated carbocycles. The van der Waals surface area contributed by atoms with Crippen molar-refractivity contribution in [2.75, 3.05) is 30.6 Å². The van der Waals surface area contributed by atoms with Crippen LogP contribution in [0.25, 0.3) is 11.1 Å². The lowest BCUT2D eigenvalue weighted by molar-refractivity contribution is -0.113. The SMILES string of the molecule is COc1ccc(-c2c(C#N)c(SCC(=O)Nc3ccccc3)nc(C)c2C(=O)Nc2ccccc2)cc1OC. The Kier molecular flexibility index (Phi) is 8.82. The second kappa shape index (κ2) is 12.6. The second-order valence-electron chi connectivity index (χ2n) is 8.33. The number of hydrogen-bond donors (Lipinski definition) is 2. The summed E-state index contributed by atoms with van der Waals surface area (Å²) in [5, 5.41) is 16.4. The molecule has 0 bridgehead atoms. The number of para-hydroxylation sites is 2. The number of ether oxygens (including phenoxy) is 2. The summed E-state index contributed by atoms with van der Waals surface area (Å²) < 4.78 is 10.9. The zero-order chi connectivity index (χ0) is 27.8. The number of anilines is 2. The van der Waals surface area contributed by atoms with Gasteiger partial charge in [-0.3, -0.25) is 9.59 Å². The van der Waals surface area contributed by atoms with Crippen LogP contribution in [-0.4, -0.2) is 36.8 Å². The van der Waals surface area contributed by atoms with Gasteiger partial charge in [-0.25, -0.2) is 4.98 Å². The molecule has 2 amide bonds. The first kappa shape index (κ1) is 27.2. The van der Waals surface area contributed by atoms with Crippen LogP contribution in [-0.2, 0) is 4.79 Å². The Bertz CT molecular complexity index is 1540. The number of nitrogens with zero attached hydrogens (tertiary/aromatic N) is 2. The van der Waals surface area contributed by atoms with Crippen molar-refractivity contribution < 1.29 is 19.1 Å². The number of hydrogen-bond acceptors (Lipinski definition) is 7. The van der Waals surface area contributed by atoms with E-state index in [1.54, 1.807) is 49.4 Å². The van der Waals surface area contributed by atoms with Crippen molar-refractivity contribution in [3.63, 3.8) is 0 Å². The van der Waals surface area contributed by atoms with Gasteiger partial charge in [0.05, 0.1) is 36.8 Å². The van der Waals surface area contributed by atoms with E-state index in [1.165, 1.54) is 14.2 Å². The molecule has 4 rings (SSSR count). The van der Waals surface area contributed by atoms with Gasteiger partial charge in [-0.1, -0.05) is 54.2 Å². The lowest BCUT2D eigenvalue weighted by Gasteiger charge is -2.18. The highest BCUT2D eigenvalue weighted by Gasteiger charge is 2.25. The van der Waals surface area contributed by atoms with E-state index in [4.69, 9.17) is 9.47 Å². The molecule has 8 nitrogen and oxygen atoms in total. The van der Waals surface area contributed by atoms with Gasteiger partial charge in [-0.15, -0.1) is 0 Å². The molecule has 196 valence electrons. The highest BCUT2D eigenvalue weighted by molar-refractivity contribution is 8.00.